The summed E-state index contributed by atoms with van der Waals surface area (Å²) in [5, 5.41) is 0. The number of sulfonamides is 1. The Bertz CT molecular complexity index is 919. The number of fused-ring (bicyclic) bond motifs is 1. The molecule has 0 aromatic heterocycles. The molecule has 0 radical (unpaired) electrons. The average molecular weight is 451 g/mol. The summed E-state index contributed by atoms with van der Waals surface area (Å²) >= 11 is 0. The number of amides is 3. The number of hydrogen-bond donors (Lipinski definition) is 0. The van der Waals surface area contributed by atoms with Gasteiger partial charge in [0.25, 0.3) is 0 Å². The van der Waals surface area contributed by atoms with Crippen molar-refractivity contribution in [2.45, 2.75) is 44.4 Å². The minimum Gasteiger partial charge on any atom is -0.331 e. The van der Waals surface area contributed by atoms with E-state index in [9.17, 15) is 18.0 Å². The van der Waals surface area contributed by atoms with Crippen LogP contribution in [0.4, 0.5) is 10.5 Å². The first kappa shape index (κ1) is 23.5. The molecule has 2 aliphatic heterocycles. The maximum atomic E-state index is 13.3. The fourth-order valence-electron chi connectivity index (χ4n) is 4.50. The number of urea groups is 1. The molecule has 1 saturated heterocycles. The summed E-state index contributed by atoms with van der Waals surface area (Å²) in [6.07, 6.45) is 2.87. The highest BCUT2D eigenvalue weighted by molar-refractivity contribution is 7.89. The van der Waals surface area contributed by atoms with Gasteiger partial charge in [-0.05, 0) is 49.4 Å². The van der Waals surface area contributed by atoms with E-state index in [0.29, 0.717) is 50.5 Å². The minimum atomic E-state index is -3.53. The van der Waals surface area contributed by atoms with Gasteiger partial charge in [0.1, 0.15) is 0 Å². The van der Waals surface area contributed by atoms with E-state index < -0.39 is 10.0 Å². The highest BCUT2D eigenvalue weighted by Gasteiger charge is 2.33. The number of aryl methyl sites for hydroxylation is 1. The van der Waals surface area contributed by atoms with Gasteiger partial charge in [0.2, 0.25) is 15.9 Å². The van der Waals surface area contributed by atoms with Crippen molar-refractivity contribution in [1.29, 1.82) is 0 Å². The summed E-state index contributed by atoms with van der Waals surface area (Å²) in [5.41, 5.74) is 1.73. The molecular weight excluding hydrogens is 416 g/mol. The van der Waals surface area contributed by atoms with Gasteiger partial charge in [-0.2, -0.15) is 4.31 Å². The Morgan fingerprint density at radius 3 is 2.29 bits per heavy atom. The molecule has 3 amide bonds. The van der Waals surface area contributed by atoms with Gasteiger partial charge < -0.3 is 14.7 Å². The maximum Gasteiger partial charge on any atom is 0.319 e. The molecular formula is C22H34N4O4S. The van der Waals surface area contributed by atoms with E-state index in [2.05, 4.69) is 0 Å². The number of benzene rings is 1. The fraction of sp³-hybridized carbons (Fsp3) is 0.636. The average Bonchev–Trinajstić information content (AvgIpc) is 2.78. The van der Waals surface area contributed by atoms with Crippen molar-refractivity contribution in [1.82, 2.24) is 14.1 Å². The number of anilines is 1. The monoisotopic (exact) mass is 450 g/mol. The Hall–Kier alpha value is -2.13. The van der Waals surface area contributed by atoms with Crippen LogP contribution >= 0.6 is 0 Å². The Morgan fingerprint density at radius 2 is 1.71 bits per heavy atom. The molecule has 3 rings (SSSR count). The normalized spacial score (nSPS) is 17.6. The molecule has 0 aliphatic carbocycles. The molecule has 0 saturated carbocycles. The first-order valence-corrected chi connectivity index (χ1v) is 12.5. The first-order chi connectivity index (χ1) is 14.7. The lowest BCUT2D eigenvalue weighted by Crippen LogP contribution is -2.48. The van der Waals surface area contributed by atoms with Crippen LogP contribution in [0.1, 0.15) is 38.7 Å². The van der Waals surface area contributed by atoms with Crippen molar-refractivity contribution >= 4 is 27.6 Å². The number of nitrogens with zero attached hydrogens (tertiary/aromatic N) is 4. The number of hydrogen-bond acceptors (Lipinski definition) is 4. The molecule has 0 spiro atoms. The zero-order valence-corrected chi connectivity index (χ0v) is 19.8. The number of rotatable bonds is 5. The second kappa shape index (κ2) is 9.56. The molecule has 8 nitrogen and oxygen atoms in total. The van der Waals surface area contributed by atoms with Gasteiger partial charge in [-0.15, -0.1) is 0 Å². The van der Waals surface area contributed by atoms with E-state index in [4.69, 9.17) is 0 Å². The second-order valence-electron chi connectivity index (χ2n) is 8.41. The van der Waals surface area contributed by atoms with Crippen molar-refractivity contribution in [2.24, 2.45) is 5.92 Å². The third-order valence-electron chi connectivity index (χ3n) is 6.28. The molecule has 9 heteroatoms. The summed E-state index contributed by atoms with van der Waals surface area (Å²) in [4.78, 5) is 30.9. The van der Waals surface area contributed by atoms with E-state index in [1.54, 1.807) is 42.1 Å². The third kappa shape index (κ3) is 4.72. The Morgan fingerprint density at radius 1 is 1.06 bits per heavy atom. The van der Waals surface area contributed by atoms with Gasteiger partial charge in [-0.3, -0.25) is 4.79 Å². The Kier molecular flexibility index (Phi) is 7.26. The van der Waals surface area contributed by atoms with E-state index in [0.717, 1.165) is 24.1 Å². The minimum absolute atomic E-state index is 0.0174. The number of piperidine rings is 1. The maximum absolute atomic E-state index is 13.3. The Balaban J connectivity index is 1.76. The molecule has 31 heavy (non-hydrogen) atoms. The van der Waals surface area contributed by atoms with E-state index in [1.165, 1.54) is 4.31 Å². The van der Waals surface area contributed by atoms with Crippen LogP contribution in [0.2, 0.25) is 0 Å². The molecule has 0 N–H and O–H groups in total. The highest BCUT2D eigenvalue weighted by atomic mass is 32.2. The number of carbonyl (C=O) groups excluding carboxylic acids is 2. The van der Waals surface area contributed by atoms with Crippen LogP contribution in [0, 0.1) is 5.92 Å². The smallest absolute Gasteiger partial charge is 0.319 e. The first-order valence-electron chi connectivity index (χ1n) is 11.1. The van der Waals surface area contributed by atoms with Crippen molar-refractivity contribution in [3.8, 4) is 0 Å². The summed E-state index contributed by atoms with van der Waals surface area (Å²) in [6, 6.07) is 5.13. The van der Waals surface area contributed by atoms with E-state index >= 15 is 0 Å². The zero-order valence-electron chi connectivity index (χ0n) is 19.0. The van der Waals surface area contributed by atoms with Crippen LogP contribution < -0.4 is 4.90 Å². The van der Waals surface area contributed by atoms with Gasteiger partial charge in [-0.1, -0.05) is 13.8 Å². The summed E-state index contributed by atoms with van der Waals surface area (Å²) in [7, 11) is -0.0557. The highest BCUT2D eigenvalue weighted by Crippen LogP contribution is 2.33. The zero-order chi connectivity index (χ0) is 22.8. The van der Waals surface area contributed by atoms with Crippen LogP contribution in [0.5, 0.6) is 0 Å². The lowest BCUT2D eigenvalue weighted by molar-refractivity contribution is -0.123. The quantitative estimate of drug-likeness (QED) is 0.690. The van der Waals surface area contributed by atoms with Crippen molar-refractivity contribution in [3.63, 3.8) is 0 Å². The number of carbonyl (C=O) groups is 2. The van der Waals surface area contributed by atoms with Gasteiger partial charge in [0.05, 0.1) is 4.90 Å². The van der Waals surface area contributed by atoms with Crippen molar-refractivity contribution in [2.75, 3.05) is 51.7 Å². The number of likely N-dealkylation sites (tertiary alicyclic amines) is 1. The largest absolute Gasteiger partial charge is 0.331 e. The van der Waals surface area contributed by atoms with Gasteiger partial charge >= 0.3 is 6.03 Å². The molecule has 0 unspecified atom stereocenters. The molecule has 1 aromatic carbocycles. The SMILES string of the molecule is CCN(CC)S(=O)(=O)c1ccc2c(c1)CCCN2C(=O)C1CCN(C(=O)N(C)C)CC1. The van der Waals surface area contributed by atoms with Crippen molar-refractivity contribution < 1.29 is 18.0 Å². The summed E-state index contributed by atoms with van der Waals surface area (Å²) in [5.74, 6) is -0.0338. The van der Waals surface area contributed by atoms with Crippen LogP contribution in [0.25, 0.3) is 0 Å². The summed E-state index contributed by atoms with van der Waals surface area (Å²) < 4.78 is 27.2. The van der Waals surface area contributed by atoms with Crippen LogP contribution in [-0.2, 0) is 21.2 Å². The van der Waals surface area contributed by atoms with Crippen LogP contribution in [0.15, 0.2) is 23.1 Å². The molecule has 0 bridgehead atoms. The Labute approximate surface area is 185 Å². The third-order valence-corrected chi connectivity index (χ3v) is 8.32. The van der Waals surface area contributed by atoms with Crippen LogP contribution in [-0.4, -0.2) is 81.3 Å². The van der Waals surface area contributed by atoms with Crippen LogP contribution in [0.3, 0.4) is 0 Å². The van der Waals surface area contributed by atoms with Gasteiger partial charge in [0, 0.05) is 58.4 Å². The predicted octanol–water partition coefficient (Wildman–Crippen LogP) is 2.39. The standard InChI is InChI=1S/C22H34N4O4S/c1-5-25(6-2)31(29,30)19-9-10-20-18(16-19)8-7-13-26(20)21(27)17-11-14-24(15-12-17)22(28)23(3)4/h9-10,16-17H,5-8,11-15H2,1-4H3. The molecule has 0 atom stereocenters. The lowest BCUT2D eigenvalue weighted by atomic mass is 9.93. The second-order valence-corrected chi connectivity index (χ2v) is 10.3. The van der Waals surface area contributed by atoms with E-state index in [1.807, 2.05) is 18.7 Å². The fourth-order valence-corrected chi connectivity index (χ4v) is 6.01. The molecule has 172 valence electrons. The van der Waals surface area contributed by atoms with Crippen molar-refractivity contribution in [3.05, 3.63) is 23.8 Å². The molecule has 2 heterocycles. The molecule has 1 aromatic rings. The molecule has 1 fully saturated rings. The predicted molar refractivity (Wildman–Crippen MR) is 121 cm³/mol. The summed E-state index contributed by atoms with van der Waals surface area (Å²) in [6.45, 7) is 6.31. The van der Waals surface area contributed by atoms with Gasteiger partial charge in [0.15, 0.2) is 0 Å². The van der Waals surface area contributed by atoms with E-state index in [-0.39, 0.29) is 17.9 Å². The van der Waals surface area contributed by atoms with Gasteiger partial charge in [-0.25, -0.2) is 13.2 Å². The topological polar surface area (TPSA) is 81.2 Å². The molecule has 2 aliphatic rings. The lowest BCUT2D eigenvalue weighted by Gasteiger charge is -2.37.